The van der Waals surface area contributed by atoms with Gasteiger partial charge in [-0.05, 0) is 24.7 Å². The number of rotatable bonds is 5. The first-order valence-electron chi connectivity index (χ1n) is 9.16. The van der Waals surface area contributed by atoms with Gasteiger partial charge < -0.3 is 15.1 Å². The molecule has 1 saturated heterocycles. The average Bonchev–Trinajstić information content (AvgIpc) is 2.56. The van der Waals surface area contributed by atoms with E-state index in [1.165, 1.54) is 11.3 Å². The van der Waals surface area contributed by atoms with E-state index in [4.69, 9.17) is 0 Å². The number of benzene rings is 1. The minimum Gasteiger partial charge on any atom is -0.378 e. The summed E-state index contributed by atoms with van der Waals surface area (Å²) in [5.74, 6) is 0.108. The Labute approximate surface area is 153 Å². The van der Waals surface area contributed by atoms with Gasteiger partial charge in [-0.2, -0.15) is 0 Å². The zero-order chi connectivity index (χ0) is 18.6. The third-order valence-corrected chi connectivity index (χ3v) is 4.91. The molecule has 1 aliphatic rings. The summed E-state index contributed by atoms with van der Waals surface area (Å²) in [6.45, 7) is 10.7. The summed E-state index contributed by atoms with van der Waals surface area (Å²) in [7, 11) is 6.27. The minimum atomic E-state index is -0.360. The third kappa shape index (κ3) is 5.44. The van der Waals surface area contributed by atoms with Crippen molar-refractivity contribution in [3.05, 3.63) is 29.8 Å². The van der Waals surface area contributed by atoms with Gasteiger partial charge in [-0.1, -0.05) is 32.9 Å². The van der Waals surface area contributed by atoms with Crippen LogP contribution in [0.5, 0.6) is 0 Å². The van der Waals surface area contributed by atoms with Gasteiger partial charge >= 0.3 is 0 Å². The third-order valence-electron chi connectivity index (χ3n) is 4.91. The monoisotopic (exact) mass is 346 g/mol. The maximum absolute atomic E-state index is 12.3. The molecule has 0 saturated carbocycles. The first kappa shape index (κ1) is 19.7. The molecular weight excluding hydrogens is 312 g/mol. The molecule has 1 atom stereocenters. The van der Waals surface area contributed by atoms with Crippen molar-refractivity contribution < 1.29 is 4.79 Å². The fraction of sp³-hybridized carbons (Fsp3) is 0.650. The molecule has 1 N–H and O–H groups in total. The Hall–Kier alpha value is -1.59. The smallest absolute Gasteiger partial charge is 0.225 e. The number of carbonyl (C=O) groups is 1. The molecule has 140 valence electrons. The Kier molecular flexibility index (Phi) is 6.47. The second-order valence-electron chi connectivity index (χ2n) is 8.30. The van der Waals surface area contributed by atoms with Gasteiger partial charge in [0.1, 0.15) is 0 Å². The van der Waals surface area contributed by atoms with Gasteiger partial charge in [-0.15, -0.1) is 0 Å². The zero-order valence-corrected chi connectivity index (χ0v) is 16.7. The minimum absolute atomic E-state index is 0.108. The number of hydrogen-bond donors (Lipinski definition) is 1. The molecule has 1 fully saturated rings. The lowest BCUT2D eigenvalue weighted by atomic mass is 9.95. The summed E-state index contributed by atoms with van der Waals surface area (Å²) in [5, 5.41) is 3.16. The van der Waals surface area contributed by atoms with E-state index in [2.05, 4.69) is 65.4 Å². The van der Waals surface area contributed by atoms with Crippen LogP contribution in [0.25, 0.3) is 0 Å². The number of hydrogen-bond acceptors (Lipinski definition) is 4. The summed E-state index contributed by atoms with van der Waals surface area (Å²) in [6, 6.07) is 8.92. The second-order valence-corrected chi connectivity index (χ2v) is 8.30. The summed E-state index contributed by atoms with van der Waals surface area (Å²) in [6.07, 6.45) is 0. The first-order chi connectivity index (χ1) is 11.7. The van der Waals surface area contributed by atoms with Crippen LogP contribution in [0.15, 0.2) is 24.3 Å². The molecule has 0 bridgehead atoms. The van der Waals surface area contributed by atoms with Gasteiger partial charge in [0.2, 0.25) is 5.91 Å². The maximum Gasteiger partial charge on any atom is 0.225 e. The SMILES string of the molecule is CN1CCN(C(CNC(=O)C(C)(C)C)c2ccc(N(C)C)cc2)CC1. The molecule has 1 aromatic carbocycles. The van der Waals surface area contributed by atoms with Gasteiger partial charge in [-0.25, -0.2) is 0 Å². The standard InChI is InChI=1S/C20H34N4O/c1-20(2,3)19(25)21-15-18(24-13-11-23(6)12-14-24)16-7-9-17(10-8-16)22(4)5/h7-10,18H,11-15H2,1-6H3,(H,21,25). The van der Waals surface area contributed by atoms with E-state index in [1.807, 2.05) is 20.8 Å². The maximum atomic E-state index is 12.3. The number of nitrogens with zero attached hydrogens (tertiary/aromatic N) is 3. The van der Waals surface area contributed by atoms with Crippen molar-refractivity contribution in [1.82, 2.24) is 15.1 Å². The van der Waals surface area contributed by atoms with Gasteiger partial charge in [0.15, 0.2) is 0 Å². The molecule has 5 nitrogen and oxygen atoms in total. The van der Waals surface area contributed by atoms with Crippen LogP contribution in [0.1, 0.15) is 32.4 Å². The molecule has 5 heteroatoms. The van der Waals surface area contributed by atoms with Crippen molar-refractivity contribution in [1.29, 1.82) is 0 Å². The Balaban J connectivity index is 2.15. The summed E-state index contributed by atoms with van der Waals surface area (Å²) in [5.41, 5.74) is 2.10. The molecule has 0 radical (unpaired) electrons. The molecule has 1 unspecified atom stereocenters. The number of likely N-dealkylation sites (N-methyl/N-ethyl adjacent to an activating group) is 1. The van der Waals surface area contributed by atoms with Crippen molar-refractivity contribution >= 4 is 11.6 Å². The van der Waals surface area contributed by atoms with E-state index in [0.29, 0.717) is 6.54 Å². The van der Waals surface area contributed by atoms with E-state index in [0.717, 1.165) is 26.2 Å². The predicted octanol–water partition coefficient (Wildman–Crippen LogP) is 2.20. The number of nitrogens with one attached hydrogen (secondary N) is 1. The van der Waals surface area contributed by atoms with Crippen molar-refractivity contribution in [2.45, 2.75) is 26.8 Å². The van der Waals surface area contributed by atoms with E-state index in [1.54, 1.807) is 0 Å². The molecule has 0 spiro atoms. The molecule has 25 heavy (non-hydrogen) atoms. The van der Waals surface area contributed by atoms with Gasteiger partial charge in [-0.3, -0.25) is 9.69 Å². The number of carbonyl (C=O) groups excluding carboxylic acids is 1. The first-order valence-corrected chi connectivity index (χ1v) is 9.16. The van der Waals surface area contributed by atoms with Crippen molar-refractivity contribution in [3.63, 3.8) is 0 Å². The van der Waals surface area contributed by atoms with Crippen LogP contribution in [0.3, 0.4) is 0 Å². The largest absolute Gasteiger partial charge is 0.378 e. The quantitative estimate of drug-likeness (QED) is 0.887. The van der Waals surface area contributed by atoms with Crippen LogP contribution in [-0.4, -0.2) is 69.6 Å². The fourth-order valence-corrected chi connectivity index (χ4v) is 3.04. The van der Waals surface area contributed by atoms with Gasteiger partial charge in [0.25, 0.3) is 0 Å². The second kappa shape index (κ2) is 8.19. The lowest BCUT2D eigenvalue weighted by molar-refractivity contribution is -0.128. The molecule has 1 aromatic rings. The molecule has 1 amide bonds. The lowest BCUT2D eigenvalue weighted by Crippen LogP contribution is -2.49. The Morgan fingerprint density at radius 1 is 1.12 bits per heavy atom. The number of anilines is 1. The molecule has 0 aliphatic carbocycles. The zero-order valence-electron chi connectivity index (χ0n) is 16.7. The summed E-state index contributed by atoms with van der Waals surface area (Å²) >= 11 is 0. The Bertz CT molecular complexity index is 554. The van der Waals surface area contributed by atoms with E-state index >= 15 is 0 Å². The van der Waals surface area contributed by atoms with Crippen molar-refractivity contribution in [2.24, 2.45) is 5.41 Å². The van der Waals surface area contributed by atoms with Gasteiger partial charge in [0, 0.05) is 57.9 Å². The van der Waals surface area contributed by atoms with Crippen LogP contribution < -0.4 is 10.2 Å². The molecule has 2 rings (SSSR count). The fourth-order valence-electron chi connectivity index (χ4n) is 3.04. The number of amides is 1. The molecular formula is C20H34N4O. The lowest BCUT2D eigenvalue weighted by Gasteiger charge is -2.38. The number of piperazine rings is 1. The van der Waals surface area contributed by atoms with Crippen LogP contribution in [-0.2, 0) is 4.79 Å². The van der Waals surface area contributed by atoms with Crippen molar-refractivity contribution in [3.8, 4) is 0 Å². The van der Waals surface area contributed by atoms with E-state index in [-0.39, 0.29) is 17.4 Å². The highest BCUT2D eigenvalue weighted by molar-refractivity contribution is 5.81. The van der Waals surface area contributed by atoms with Gasteiger partial charge in [0.05, 0.1) is 6.04 Å². The Morgan fingerprint density at radius 2 is 1.68 bits per heavy atom. The Morgan fingerprint density at radius 3 is 2.16 bits per heavy atom. The normalized spacial score (nSPS) is 18.0. The highest BCUT2D eigenvalue weighted by atomic mass is 16.2. The van der Waals surface area contributed by atoms with Crippen LogP contribution in [0, 0.1) is 5.41 Å². The van der Waals surface area contributed by atoms with Crippen LogP contribution in [0.4, 0.5) is 5.69 Å². The van der Waals surface area contributed by atoms with Crippen LogP contribution in [0.2, 0.25) is 0 Å². The van der Waals surface area contributed by atoms with E-state index < -0.39 is 0 Å². The topological polar surface area (TPSA) is 38.8 Å². The molecule has 1 aliphatic heterocycles. The summed E-state index contributed by atoms with van der Waals surface area (Å²) in [4.78, 5) is 19.3. The predicted molar refractivity (Wildman–Crippen MR) is 105 cm³/mol. The highest BCUT2D eigenvalue weighted by Crippen LogP contribution is 2.24. The summed E-state index contributed by atoms with van der Waals surface area (Å²) < 4.78 is 0. The highest BCUT2D eigenvalue weighted by Gasteiger charge is 2.27. The van der Waals surface area contributed by atoms with Crippen molar-refractivity contribution in [2.75, 3.05) is 58.8 Å². The molecule has 0 aromatic heterocycles. The van der Waals surface area contributed by atoms with E-state index in [9.17, 15) is 4.79 Å². The van der Waals surface area contributed by atoms with Crippen LogP contribution >= 0.6 is 0 Å². The average molecular weight is 347 g/mol. The molecule has 1 heterocycles.